The topological polar surface area (TPSA) is 149 Å². The minimum Gasteiger partial charge on any atom is -0.375 e. The molecule has 1 saturated carbocycles. The van der Waals surface area contributed by atoms with Crippen molar-refractivity contribution in [2.45, 2.75) is 63.6 Å². The average molecular weight is 700 g/mol. The Labute approximate surface area is 289 Å². The number of carbonyl (C=O) groups excluding carboxylic acids is 4. The molecule has 2 aliphatic rings. The van der Waals surface area contributed by atoms with Crippen LogP contribution in [0.25, 0.3) is 0 Å². The fourth-order valence-electron chi connectivity index (χ4n) is 6.49. The van der Waals surface area contributed by atoms with Crippen LogP contribution in [0.4, 0.5) is 18.9 Å². The van der Waals surface area contributed by atoms with Crippen molar-refractivity contribution in [3.05, 3.63) is 64.8 Å². The van der Waals surface area contributed by atoms with Crippen LogP contribution in [0.1, 0.15) is 67.2 Å². The first-order valence-corrected chi connectivity index (χ1v) is 16.5. The lowest BCUT2D eigenvalue weighted by atomic mass is 9.81. The number of hydrogen-bond donors (Lipinski definition) is 3. The van der Waals surface area contributed by atoms with Crippen LogP contribution in [0, 0.1) is 23.1 Å². The molecular formula is C35H44F3N7O5. The fourth-order valence-corrected chi connectivity index (χ4v) is 6.49. The highest BCUT2D eigenvalue weighted by molar-refractivity contribution is 6.01. The number of benzene rings is 1. The Balaban J connectivity index is 1.55. The van der Waals surface area contributed by atoms with Crippen molar-refractivity contribution in [3.63, 3.8) is 0 Å². The fraction of sp³-hybridized carbons (Fsp3) is 0.514. The van der Waals surface area contributed by atoms with E-state index < -0.39 is 53.5 Å². The molecule has 3 N–H and O–H groups in total. The number of anilines is 1. The van der Waals surface area contributed by atoms with E-state index in [4.69, 9.17) is 4.74 Å². The molecule has 1 aliphatic heterocycles. The molecule has 0 radical (unpaired) electrons. The summed E-state index contributed by atoms with van der Waals surface area (Å²) in [7, 11) is 4.85. The molecule has 1 aromatic heterocycles. The van der Waals surface area contributed by atoms with Crippen LogP contribution in [0.3, 0.4) is 0 Å². The highest BCUT2D eigenvalue weighted by atomic mass is 19.3. The maximum Gasteiger partial charge on any atom is 0.269 e. The Hall–Kier alpha value is -4.68. The van der Waals surface area contributed by atoms with Gasteiger partial charge >= 0.3 is 0 Å². The number of amides is 4. The lowest BCUT2D eigenvalue weighted by Gasteiger charge is -2.40. The van der Waals surface area contributed by atoms with Gasteiger partial charge in [-0.15, -0.1) is 0 Å². The number of rotatable bonds is 11. The molecule has 12 nitrogen and oxygen atoms in total. The van der Waals surface area contributed by atoms with Gasteiger partial charge in [-0.05, 0) is 81.0 Å². The molecule has 1 aliphatic carbocycles. The minimum atomic E-state index is -1.75. The predicted molar refractivity (Wildman–Crippen MR) is 179 cm³/mol. The van der Waals surface area contributed by atoms with E-state index in [-0.39, 0.29) is 66.9 Å². The molecule has 4 atom stereocenters. The number of ether oxygens (including phenoxy) is 1. The predicted octanol–water partition coefficient (Wildman–Crippen LogP) is 3.51. The van der Waals surface area contributed by atoms with Gasteiger partial charge in [0, 0.05) is 45.8 Å². The van der Waals surface area contributed by atoms with E-state index in [0.29, 0.717) is 25.2 Å². The summed E-state index contributed by atoms with van der Waals surface area (Å²) in [6.45, 7) is 5.00. The van der Waals surface area contributed by atoms with Crippen LogP contribution in [0.2, 0.25) is 0 Å². The summed E-state index contributed by atoms with van der Waals surface area (Å²) < 4.78 is 48.5. The van der Waals surface area contributed by atoms with E-state index in [2.05, 4.69) is 20.9 Å². The Morgan fingerprint density at radius 3 is 2.34 bits per heavy atom. The zero-order valence-electron chi connectivity index (χ0n) is 28.9. The van der Waals surface area contributed by atoms with Crippen molar-refractivity contribution in [1.82, 2.24) is 25.0 Å². The van der Waals surface area contributed by atoms with Gasteiger partial charge in [0.15, 0.2) is 0 Å². The van der Waals surface area contributed by atoms with Crippen LogP contribution in [0.5, 0.6) is 0 Å². The number of halogens is 3. The lowest BCUT2D eigenvalue weighted by molar-refractivity contribution is -0.140. The second kappa shape index (κ2) is 16.8. The Morgan fingerprint density at radius 1 is 1.06 bits per heavy atom. The molecule has 1 unspecified atom stereocenters. The van der Waals surface area contributed by atoms with Crippen molar-refractivity contribution in [2.75, 3.05) is 45.7 Å². The summed E-state index contributed by atoms with van der Waals surface area (Å²) in [5, 5.41) is 17.2. The van der Waals surface area contributed by atoms with Crippen molar-refractivity contribution >= 4 is 29.3 Å². The number of carbonyl (C=O) groups is 4. The quantitative estimate of drug-likeness (QED) is 0.325. The molecule has 0 spiro atoms. The molecule has 2 heterocycles. The third-order valence-corrected chi connectivity index (χ3v) is 9.82. The average Bonchev–Trinajstić information content (AvgIpc) is 3.47. The first-order valence-electron chi connectivity index (χ1n) is 16.5. The van der Waals surface area contributed by atoms with E-state index in [9.17, 15) is 33.2 Å². The monoisotopic (exact) mass is 699 g/mol. The van der Waals surface area contributed by atoms with Gasteiger partial charge in [0.05, 0.1) is 5.69 Å². The molecular weight excluding hydrogens is 655 g/mol. The minimum absolute atomic E-state index is 0.000847. The molecule has 270 valence electrons. The molecule has 0 bridgehead atoms. The summed E-state index contributed by atoms with van der Waals surface area (Å²) in [5.41, 5.74) is 0.532. The van der Waals surface area contributed by atoms with Crippen LogP contribution < -0.4 is 16.0 Å². The van der Waals surface area contributed by atoms with Gasteiger partial charge in [-0.3, -0.25) is 19.2 Å². The summed E-state index contributed by atoms with van der Waals surface area (Å²) in [6.07, 6.45) is -1.28. The zero-order valence-corrected chi connectivity index (χ0v) is 28.9. The van der Waals surface area contributed by atoms with Gasteiger partial charge in [0.25, 0.3) is 12.0 Å². The van der Waals surface area contributed by atoms with Crippen LogP contribution in [-0.4, -0.2) is 96.5 Å². The number of piperazine rings is 1. The lowest BCUT2D eigenvalue weighted by Crippen LogP contribution is -2.58. The Morgan fingerprint density at radius 2 is 1.76 bits per heavy atom. The van der Waals surface area contributed by atoms with Gasteiger partial charge in [-0.1, -0.05) is 13.0 Å². The molecule has 1 saturated heterocycles. The van der Waals surface area contributed by atoms with Crippen molar-refractivity contribution < 1.29 is 37.1 Å². The van der Waals surface area contributed by atoms with Gasteiger partial charge in [-0.25, -0.2) is 4.39 Å². The normalized spacial score (nSPS) is 19.9. The largest absolute Gasteiger partial charge is 0.375 e. The first kappa shape index (κ1) is 38.1. The summed E-state index contributed by atoms with van der Waals surface area (Å²) in [5.74, 6) is -4.22. The van der Waals surface area contributed by atoms with Crippen LogP contribution in [-0.2, 0) is 26.2 Å². The van der Waals surface area contributed by atoms with Crippen molar-refractivity contribution in [2.24, 2.45) is 13.0 Å². The van der Waals surface area contributed by atoms with E-state index in [0.717, 1.165) is 0 Å². The van der Waals surface area contributed by atoms with Gasteiger partial charge < -0.3 is 35.1 Å². The van der Waals surface area contributed by atoms with E-state index in [1.807, 2.05) is 20.0 Å². The third-order valence-electron chi connectivity index (χ3n) is 9.82. The van der Waals surface area contributed by atoms with Gasteiger partial charge in [0.1, 0.15) is 42.0 Å². The number of nitrogens with zero attached hydrogens (tertiary/aromatic N) is 4. The van der Waals surface area contributed by atoms with Gasteiger partial charge in [0.2, 0.25) is 17.7 Å². The molecule has 15 heteroatoms. The Kier molecular flexibility index (Phi) is 12.8. The maximum absolute atomic E-state index is 15.7. The standard InChI is InChI=1S/C35H44F3N7O5/c1-20-18-45(15-14-43(20)3)35(49)30(41-29(46)19-50-5)21(2)24-10-12-27(26(36)16-24)40-34(48)31(22-6-8-23(9-7-22)32(37)38)42-33(47)28-13-11-25(17-39)44(28)4/h10-13,16,20-22,30-31H,6-9,14-15,18-19H2,1-5H3,(H,40,48)(H,41,46)(H,42,47)/t20-,21+,30-,31?/m1/s1. The van der Waals surface area contributed by atoms with E-state index >= 15 is 4.39 Å². The smallest absolute Gasteiger partial charge is 0.269 e. The Bertz CT molecular complexity index is 1660. The van der Waals surface area contributed by atoms with Gasteiger partial charge in [-0.2, -0.15) is 14.0 Å². The molecule has 4 rings (SSSR count). The van der Waals surface area contributed by atoms with Crippen LogP contribution in [0.15, 0.2) is 42.0 Å². The van der Waals surface area contributed by atoms with Crippen molar-refractivity contribution in [3.8, 4) is 6.07 Å². The number of hydrogen-bond acceptors (Lipinski definition) is 7. The summed E-state index contributed by atoms with van der Waals surface area (Å²) in [6, 6.07) is 6.79. The second-order valence-electron chi connectivity index (χ2n) is 13.0. The van der Waals surface area contributed by atoms with E-state index in [1.54, 1.807) is 17.9 Å². The number of nitrogens with one attached hydrogen (secondary N) is 3. The number of methoxy groups -OCH3 is 1. The van der Waals surface area contributed by atoms with Crippen molar-refractivity contribution in [1.29, 1.82) is 5.26 Å². The molecule has 2 aromatic rings. The number of likely N-dealkylation sites (N-methyl/N-ethyl adjacent to an activating group) is 1. The number of aromatic nitrogens is 1. The summed E-state index contributed by atoms with van der Waals surface area (Å²) in [4.78, 5) is 57.0. The van der Waals surface area contributed by atoms with E-state index in [1.165, 1.54) is 43.0 Å². The molecule has 4 amide bonds. The van der Waals surface area contributed by atoms with Crippen LogP contribution >= 0.6 is 0 Å². The zero-order chi connectivity index (χ0) is 36.7. The highest BCUT2D eigenvalue weighted by Crippen LogP contribution is 2.34. The summed E-state index contributed by atoms with van der Waals surface area (Å²) >= 11 is 0. The molecule has 2 fully saturated rings. The maximum atomic E-state index is 15.7. The molecule has 1 aromatic carbocycles. The number of nitriles is 1. The molecule has 50 heavy (non-hydrogen) atoms. The number of allylic oxidation sites excluding steroid dienone is 1. The highest BCUT2D eigenvalue weighted by Gasteiger charge is 2.36. The SMILES string of the molecule is COCC(=O)N[C@@H](C(=O)N1CCN(C)[C@H](C)C1)[C@@H](C)c1ccc(NC(=O)C(NC(=O)c2ccc(C#N)n2C)C2CCC(=C(F)F)CC2)c(F)c1. The first-order chi connectivity index (χ1) is 23.7. The second-order valence-corrected chi connectivity index (χ2v) is 13.0. The third kappa shape index (κ3) is 8.91.